The van der Waals surface area contributed by atoms with Crippen molar-refractivity contribution in [1.29, 1.82) is 0 Å². The van der Waals surface area contributed by atoms with E-state index < -0.39 is 64.6 Å². The molecule has 0 saturated heterocycles. The molecule has 1 amide bonds. The van der Waals surface area contributed by atoms with Gasteiger partial charge in [0.1, 0.15) is 5.84 Å². The second-order valence-corrected chi connectivity index (χ2v) is 7.23. The number of nitrogens with two attached hydrogens (primary N) is 1. The lowest BCUT2D eigenvalue weighted by molar-refractivity contribution is -0.106. The molecule has 2 atom stereocenters. The maximum absolute atomic E-state index is 15.1. The summed E-state index contributed by atoms with van der Waals surface area (Å²) in [4.78, 5) is 15.8. The summed E-state index contributed by atoms with van der Waals surface area (Å²) in [6.45, 7) is -1.22. The lowest BCUT2D eigenvalue weighted by Gasteiger charge is -2.42. The van der Waals surface area contributed by atoms with Gasteiger partial charge in [-0.3, -0.25) is 9.79 Å². The summed E-state index contributed by atoms with van der Waals surface area (Å²) in [7, 11) is 0. The van der Waals surface area contributed by atoms with E-state index in [0.717, 1.165) is 38.2 Å². The van der Waals surface area contributed by atoms with Crippen molar-refractivity contribution < 1.29 is 31.1 Å². The third-order valence-electron chi connectivity index (χ3n) is 4.96. The van der Waals surface area contributed by atoms with E-state index >= 15 is 4.39 Å². The first-order valence-electron chi connectivity index (χ1n) is 8.65. The second kappa shape index (κ2) is 7.03. The molecule has 0 spiro atoms. The Bertz CT molecular complexity index is 1020. The number of amides is 1. The highest BCUT2D eigenvalue weighted by Crippen LogP contribution is 2.50. The van der Waals surface area contributed by atoms with Gasteiger partial charge in [-0.2, -0.15) is 13.9 Å². The predicted octanol–water partition coefficient (Wildman–Crippen LogP) is 4.01. The lowest BCUT2D eigenvalue weighted by Crippen LogP contribution is -2.56. The van der Waals surface area contributed by atoms with E-state index in [-0.39, 0.29) is 4.68 Å². The quantitative estimate of drug-likeness (QED) is 0.715. The van der Waals surface area contributed by atoms with Gasteiger partial charge >= 0.3 is 6.55 Å². The Morgan fingerprint density at radius 3 is 2.50 bits per heavy atom. The first-order chi connectivity index (χ1) is 13.8. The number of carbonyl (C=O) groups is 1. The van der Waals surface area contributed by atoms with Gasteiger partial charge in [-0.15, -0.1) is 0 Å². The molecule has 2 aromatic rings. The third-order valence-corrected chi connectivity index (χ3v) is 4.96. The van der Waals surface area contributed by atoms with Crippen LogP contribution in [0.25, 0.3) is 0 Å². The Labute approximate surface area is 166 Å². The molecule has 6 nitrogen and oxygen atoms in total. The molecule has 3 rings (SSSR count). The fraction of sp³-hybridized carbons (Fsp3) is 0.389. The Kier molecular flexibility index (Phi) is 5.07. The highest BCUT2D eigenvalue weighted by Gasteiger charge is 2.60. The first-order valence-corrected chi connectivity index (χ1v) is 8.65. The van der Waals surface area contributed by atoms with Crippen molar-refractivity contribution in [2.75, 3.05) is 5.32 Å². The van der Waals surface area contributed by atoms with E-state index in [1.807, 2.05) is 0 Å². The number of hydrogen-bond acceptors (Lipinski definition) is 4. The number of halogens is 6. The van der Waals surface area contributed by atoms with Crippen molar-refractivity contribution in [1.82, 2.24) is 9.78 Å². The van der Waals surface area contributed by atoms with Crippen LogP contribution in [0.5, 0.6) is 0 Å². The fourth-order valence-electron chi connectivity index (χ4n) is 3.13. The van der Waals surface area contributed by atoms with Gasteiger partial charge < -0.3 is 11.1 Å². The Balaban J connectivity index is 1.98. The molecule has 0 saturated carbocycles. The average molecular weight is 433 g/mol. The SMILES string of the molecule is C[C@@]1(F)CC(F)(F)[C@@](C)(c2cccc(NC(=O)c3ccn(C(F)F)n3)c2F)N=C1N. The van der Waals surface area contributed by atoms with E-state index in [9.17, 15) is 26.7 Å². The second-order valence-electron chi connectivity index (χ2n) is 7.23. The molecule has 0 unspecified atom stereocenters. The van der Waals surface area contributed by atoms with E-state index in [0.29, 0.717) is 0 Å². The van der Waals surface area contributed by atoms with Crippen LogP contribution in [0.15, 0.2) is 35.5 Å². The molecule has 1 aromatic carbocycles. The molecule has 2 heterocycles. The third kappa shape index (κ3) is 3.50. The van der Waals surface area contributed by atoms with Crippen molar-refractivity contribution >= 4 is 17.4 Å². The van der Waals surface area contributed by atoms with Crippen LogP contribution in [0, 0.1) is 5.82 Å². The summed E-state index contributed by atoms with van der Waals surface area (Å²) >= 11 is 0. The number of carbonyl (C=O) groups excluding carboxylic acids is 1. The molecule has 1 aromatic heterocycles. The standard InChI is InChI=1S/C18H17F6N5O/c1-16(22)8-18(23,24)17(2,27-14(16)25)9-4-3-5-10(12(9)19)26-13(30)11-6-7-29(28-11)15(20)21/h3-7,15H,8H2,1-2H3,(H2,25,27)(H,26,30)/t16-,17-/m1/s1. The fourth-order valence-corrected chi connectivity index (χ4v) is 3.13. The minimum Gasteiger partial charge on any atom is -0.385 e. The molecular formula is C18H17F6N5O. The number of aromatic nitrogens is 2. The van der Waals surface area contributed by atoms with Gasteiger partial charge in [0, 0.05) is 11.8 Å². The van der Waals surface area contributed by atoms with E-state index in [4.69, 9.17) is 5.73 Å². The minimum atomic E-state index is -3.81. The zero-order valence-corrected chi connectivity index (χ0v) is 15.8. The summed E-state index contributed by atoms with van der Waals surface area (Å²) in [6, 6.07) is 4.26. The molecule has 0 bridgehead atoms. The van der Waals surface area contributed by atoms with Crippen molar-refractivity contribution in [2.45, 2.75) is 43.9 Å². The number of nitrogens with zero attached hydrogens (tertiary/aromatic N) is 3. The molecule has 30 heavy (non-hydrogen) atoms. The molecular weight excluding hydrogens is 416 g/mol. The van der Waals surface area contributed by atoms with Gasteiger partial charge in [0.05, 0.1) is 12.1 Å². The maximum Gasteiger partial charge on any atom is 0.333 e. The molecule has 0 radical (unpaired) electrons. The highest BCUT2D eigenvalue weighted by atomic mass is 19.3. The average Bonchev–Trinajstić information content (AvgIpc) is 3.12. The van der Waals surface area contributed by atoms with Crippen molar-refractivity contribution in [2.24, 2.45) is 10.7 Å². The normalized spacial score (nSPS) is 25.8. The van der Waals surface area contributed by atoms with Gasteiger partial charge in [0.25, 0.3) is 11.8 Å². The van der Waals surface area contributed by atoms with Gasteiger partial charge in [-0.25, -0.2) is 22.2 Å². The zero-order valence-electron chi connectivity index (χ0n) is 15.8. The summed E-state index contributed by atoms with van der Waals surface area (Å²) in [5, 5.41) is 5.44. The predicted molar refractivity (Wildman–Crippen MR) is 95.9 cm³/mol. The smallest absolute Gasteiger partial charge is 0.333 e. The van der Waals surface area contributed by atoms with Crippen LogP contribution < -0.4 is 11.1 Å². The van der Waals surface area contributed by atoms with Crippen LogP contribution in [0.3, 0.4) is 0 Å². The molecule has 12 heteroatoms. The van der Waals surface area contributed by atoms with Crippen molar-refractivity contribution in [3.63, 3.8) is 0 Å². The van der Waals surface area contributed by atoms with Crippen molar-refractivity contribution in [3.8, 4) is 0 Å². The number of aliphatic imine (C=N–C) groups is 1. The van der Waals surface area contributed by atoms with Gasteiger partial charge in [-0.05, 0) is 26.0 Å². The summed E-state index contributed by atoms with van der Waals surface area (Å²) in [5.74, 6) is -6.80. The van der Waals surface area contributed by atoms with Crippen LogP contribution in [-0.4, -0.2) is 33.1 Å². The number of rotatable bonds is 4. The Morgan fingerprint density at radius 2 is 1.90 bits per heavy atom. The number of nitrogens with one attached hydrogen (secondary N) is 1. The maximum atomic E-state index is 15.1. The summed E-state index contributed by atoms with van der Waals surface area (Å²) < 4.78 is 84.3. The van der Waals surface area contributed by atoms with Crippen molar-refractivity contribution in [3.05, 3.63) is 47.5 Å². The number of alkyl halides is 5. The van der Waals surface area contributed by atoms with Gasteiger partial charge in [0.15, 0.2) is 22.7 Å². The molecule has 162 valence electrons. The minimum absolute atomic E-state index is 0.219. The number of amidine groups is 1. The zero-order chi connectivity index (χ0) is 22.5. The van der Waals surface area contributed by atoms with E-state index in [2.05, 4.69) is 15.4 Å². The van der Waals surface area contributed by atoms with Gasteiger partial charge in [-0.1, -0.05) is 12.1 Å². The van der Waals surface area contributed by atoms with Crippen LogP contribution in [0.4, 0.5) is 32.0 Å². The van der Waals surface area contributed by atoms with Gasteiger partial charge in [0.2, 0.25) is 0 Å². The number of benzene rings is 1. The molecule has 0 fully saturated rings. The van der Waals surface area contributed by atoms with E-state index in [1.54, 1.807) is 0 Å². The first kappa shape index (κ1) is 21.7. The van der Waals surface area contributed by atoms with Crippen LogP contribution in [0.2, 0.25) is 0 Å². The lowest BCUT2D eigenvalue weighted by atomic mass is 9.77. The topological polar surface area (TPSA) is 85.3 Å². The van der Waals surface area contributed by atoms with Crippen LogP contribution in [-0.2, 0) is 5.54 Å². The van der Waals surface area contributed by atoms with Crippen LogP contribution in [0.1, 0.15) is 42.9 Å². The Morgan fingerprint density at radius 1 is 1.23 bits per heavy atom. The Hall–Kier alpha value is -3.05. The largest absolute Gasteiger partial charge is 0.385 e. The van der Waals surface area contributed by atoms with E-state index in [1.165, 1.54) is 6.07 Å². The monoisotopic (exact) mass is 433 g/mol. The molecule has 0 aliphatic carbocycles. The highest BCUT2D eigenvalue weighted by molar-refractivity contribution is 6.03. The van der Waals surface area contributed by atoms with Crippen LogP contribution >= 0.6 is 0 Å². The molecule has 3 N–H and O–H groups in total. The summed E-state index contributed by atoms with van der Waals surface area (Å²) in [5.41, 5.74) is -1.19. The molecule has 1 aliphatic rings. The summed E-state index contributed by atoms with van der Waals surface area (Å²) in [6.07, 6.45) is -0.464. The number of anilines is 1. The number of hydrogen-bond donors (Lipinski definition) is 2. The molecule has 1 aliphatic heterocycles.